The lowest BCUT2D eigenvalue weighted by atomic mass is 9.82. The van der Waals surface area contributed by atoms with Gasteiger partial charge in [0.1, 0.15) is 11.4 Å². The first kappa shape index (κ1) is 11.3. The molecule has 1 saturated carbocycles. The second-order valence-electron chi connectivity index (χ2n) is 4.22. The van der Waals surface area contributed by atoms with Crippen LogP contribution >= 0.6 is 11.5 Å². The molecule has 0 spiro atoms. The molecule has 0 radical (unpaired) electrons. The minimum Gasteiger partial charge on any atom is -0.480 e. The molecule has 1 aromatic heterocycles. The molecule has 0 bridgehead atoms. The molecule has 0 aromatic carbocycles. The Morgan fingerprint density at radius 1 is 1.44 bits per heavy atom. The Labute approximate surface area is 98.1 Å². The SMILES string of the molecule is Cc1nsc(NC2(C(=O)O)CCCCC2)n1. The van der Waals surface area contributed by atoms with Crippen LogP contribution in [0.25, 0.3) is 0 Å². The Balaban J connectivity index is 2.16. The topological polar surface area (TPSA) is 75.1 Å². The Morgan fingerprint density at radius 2 is 2.12 bits per heavy atom. The summed E-state index contributed by atoms with van der Waals surface area (Å²) in [6.07, 6.45) is 4.36. The van der Waals surface area contributed by atoms with Crippen LogP contribution in [0.4, 0.5) is 5.13 Å². The Kier molecular flexibility index (Phi) is 3.09. The third kappa shape index (κ3) is 2.16. The van der Waals surface area contributed by atoms with Crippen molar-refractivity contribution in [1.82, 2.24) is 9.36 Å². The average Bonchev–Trinajstić information content (AvgIpc) is 2.65. The zero-order chi connectivity index (χ0) is 11.6. The van der Waals surface area contributed by atoms with Crippen LogP contribution in [0.15, 0.2) is 0 Å². The lowest BCUT2D eigenvalue weighted by Crippen LogP contribution is -2.47. The smallest absolute Gasteiger partial charge is 0.329 e. The van der Waals surface area contributed by atoms with Crippen LogP contribution in [0.1, 0.15) is 37.9 Å². The van der Waals surface area contributed by atoms with Gasteiger partial charge in [-0.25, -0.2) is 9.78 Å². The van der Waals surface area contributed by atoms with E-state index in [0.29, 0.717) is 23.8 Å². The van der Waals surface area contributed by atoms with Gasteiger partial charge in [-0.2, -0.15) is 4.37 Å². The second kappa shape index (κ2) is 4.37. The molecule has 1 aromatic rings. The standard InChI is InChI=1S/C10H15N3O2S/c1-7-11-9(16-13-7)12-10(8(14)15)5-3-2-4-6-10/h2-6H2,1H3,(H,14,15)(H,11,12,13). The summed E-state index contributed by atoms with van der Waals surface area (Å²) >= 11 is 1.22. The number of hydrogen-bond acceptors (Lipinski definition) is 5. The summed E-state index contributed by atoms with van der Waals surface area (Å²) in [4.78, 5) is 15.5. The van der Waals surface area contributed by atoms with Gasteiger partial charge in [0.15, 0.2) is 0 Å². The van der Waals surface area contributed by atoms with Gasteiger partial charge in [0.2, 0.25) is 5.13 Å². The number of rotatable bonds is 3. The Bertz CT molecular complexity index is 385. The summed E-state index contributed by atoms with van der Waals surface area (Å²) in [5, 5.41) is 13.0. The molecule has 16 heavy (non-hydrogen) atoms. The lowest BCUT2D eigenvalue weighted by Gasteiger charge is -2.33. The molecule has 0 saturated heterocycles. The molecule has 0 unspecified atom stereocenters. The number of nitrogens with one attached hydrogen (secondary N) is 1. The summed E-state index contributed by atoms with van der Waals surface area (Å²) < 4.78 is 4.05. The minimum absolute atomic E-state index is 0.613. The monoisotopic (exact) mass is 241 g/mol. The fourth-order valence-corrected chi connectivity index (χ4v) is 2.77. The fourth-order valence-electron chi connectivity index (χ4n) is 2.10. The molecule has 88 valence electrons. The van der Waals surface area contributed by atoms with Crippen molar-refractivity contribution in [2.45, 2.75) is 44.6 Å². The number of hydrogen-bond donors (Lipinski definition) is 2. The van der Waals surface area contributed by atoms with Crippen LogP contribution in [0.3, 0.4) is 0 Å². The van der Waals surface area contributed by atoms with Crippen LogP contribution < -0.4 is 5.32 Å². The minimum atomic E-state index is -0.829. The van der Waals surface area contributed by atoms with Gasteiger partial charge in [0.25, 0.3) is 0 Å². The third-order valence-electron chi connectivity index (χ3n) is 2.99. The zero-order valence-corrected chi connectivity index (χ0v) is 10.0. The maximum absolute atomic E-state index is 11.4. The quantitative estimate of drug-likeness (QED) is 0.847. The molecular weight excluding hydrogens is 226 g/mol. The van der Waals surface area contributed by atoms with Crippen LogP contribution in [0.5, 0.6) is 0 Å². The Morgan fingerprint density at radius 3 is 2.62 bits per heavy atom. The van der Waals surface area contributed by atoms with Gasteiger partial charge < -0.3 is 10.4 Å². The molecule has 5 nitrogen and oxygen atoms in total. The predicted molar refractivity (Wildman–Crippen MR) is 61.7 cm³/mol. The number of anilines is 1. The summed E-state index contributed by atoms with van der Waals surface area (Å²) in [6.45, 7) is 1.80. The summed E-state index contributed by atoms with van der Waals surface area (Å²) in [5.74, 6) is -0.0936. The number of aliphatic carboxylic acids is 1. The molecular formula is C10H15N3O2S. The Hall–Kier alpha value is -1.17. The van der Waals surface area contributed by atoms with Crippen molar-refractivity contribution in [3.8, 4) is 0 Å². The number of carboxylic acids is 1. The average molecular weight is 241 g/mol. The molecule has 1 aliphatic carbocycles. The highest BCUT2D eigenvalue weighted by Gasteiger charge is 2.40. The summed E-state index contributed by atoms with van der Waals surface area (Å²) in [5.41, 5.74) is -0.829. The van der Waals surface area contributed by atoms with E-state index < -0.39 is 11.5 Å². The van der Waals surface area contributed by atoms with E-state index in [9.17, 15) is 9.90 Å². The van der Waals surface area contributed by atoms with Crippen LogP contribution in [0, 0.1) is 6.92 Å². The van der Waals surface area contributed by atoms with Gasteiger partial charge in [0.05, 0.1) is 0 Å². The van der Waals surface area contributed by atoms with Gasteiger partial charge in [0, 0.05) is 11.5 Å². The molecule has 6 heteroatoms. The highest BCUT2D eigenvalue weighted by atomic mass is 32.1. The largest absolute Gasteiger partial charge is 0.480 e. The van der Waals surface area contributed by atoms with E-state index in [2.05, 4.69) is 14.7 Å². The maximum atomic E-state index is 11.4. The van der Waals surface area contributed by atoms with Crippen LogP contribution in [-0.2, 0) is 4.79 Å². The van der Waals surface area contributed by atoms with E-state index in [1.807, 2.05) is 0 Å². The van der Waals surface area contributed by atoms with E-state index >= 15 is 0 Å². The van der Waals surface area contributed by atoms with Crippen molar-refractivity contribution in [3.63, 3.8) is 0 Å². The predicted octanol–water partition coefficient (Wildman–Crippen LogP) is 2.05. The fraction of sp³-hybridized carbons (Fsp3) is 0.700. The highest BCUT2D eigenvalue weighted by molar-refractivity contribution is 7.09. The molecule has 1 aliphatic rings. The van der Waals surface area contributed by atoms with Gasteiger partial charge in [-0.15, -0.1) is 0 Å². The van der Waals surface area contributed by atoms with Crippen molar-refractivity contribution in [1.29, 1.82) is 0 Å². The zero-order valence-electron chi connectivity index (χ0n) is 9.19. The van der Waals surface area contributed by atoms with E-state index in [1.165, 1.54) is 11.5 Å². The second-order valence-corrected chi connectivity index (χ2v) is 4.97. The third-order valence-corrected chi connectivity index (χ3v) is 3.71. The van der Waals surface area contributed by atoms with Gasteiger partial charge in [-0.3, -0.25) is 0 Å². The van der Waals surface area contributed by atoms with Crippen LogP contribution in [0.2, 0.25) is 0 Å². The normalized spacial score (nSPS) is 19.3. The molecule has 1 fully saturated rings. The molecule has 0 atom stereocenters. The molecule has 0 amide bonds. The first-order valence-electron chi connectivity index (χ1n) is 5.44. The number of carboxylic acid groups (broad SMARTS) is 1. The van der Waals surface area contributed by atoms with Crippen molar-refractivity contribution in [2.75, 3.05) is 5.32 Å². The van der Waals surface area contributed by atoms with Crippen molar-refractivity contribution >= 4 is 22.6 Å². The van der Waals surface area contributed by atoms with E-state index in [-0.39, 0.29) is 0 Å². The van der Waals surface area contributed by atoms with Crippen LogP contribution in [-0.4, -0.2) is 26.0 Å². The number of aryl methyl sites for hydroxylation is 1. The molecule has 2 rings (SSSR count). The van der Waals surface area contributed by atoms with E-state index in [1.54, 1.807) is 6.92 Å². The number of aromatic nitrogens is 2. The maximum Gasteiger partial charge on any atom is 0.329 e. The summed E-state index contributed by atoms with van der Waals surface area (Å²) in [6, 6.07) is 0. The lowest BCUT2D eigenvalue weighted by molar-refractivity contribution is -0.143. The number of carbonyl (C=O) groups is 1. The highest BCUT2D eigenvalue weighted by Crippen LogP contribution is 2.32. The number of nitrogens with zero attached hydrogens (tertiary/aromatic N) is 2. The van der Waals surface area contributed by atoms with Gasteiger partial charge in [-0.1, -0.05) is 19.3 Å². The first-order chi connectivity index (χ1) is 7.62. The molecule has 1 heterocycles. The van der Waals surface area contributed by atoms with Crippen molar-refractivity contribution in [3.05, 3.63) is 5.82 Å². The molecule has 2 N–H and O–H groups in total. The van der Waals surface area contributed by atoms with Gasteiger partial charge in [-0.05, 0) is 19.8 Å². The summed E-state index contributed by atoms with van der Waals surface area (Å²) in [7, 11) is 0. The van der Waals surface area contributed by atoms with E-state index in [4.69, 9.17) is 0 Å². The van der Waals surface area contributed by atoms with Crippen molar-refractivity contribution < 1.29 is 9.90 Å². The first-order valence-corrected chi connectivity index (χ1v) is 6.22. The van der Waals surface area contributed by atoms with Crippen molar-refractivity contribution in [2.24, 2.45) is 0 Å². The van der Waals surface area contributed by atoms with Gasteiger partial charge >= 0.3 is 5.97 Å². The van der Waals surface area contributed by atoms with E-state index in [0.717, 1.165) is 19.3 Å². The molecule has 0 aliphatic heterocycles.